The summed E-state index contributed by atoms with van der Waals surface area (Å²) >= 11 is 0. The Labute approximate surface area is 462 Å². The van der Waals surface area contributed by atoms with Crippen molar-refractivity contribution < 1.29 is 24.5 Å². The quantitative estimate of drug-likeness (QED) is 0.0320. The maximum absolute atomic E-state index is 12.5. The number of aliphatic hydroxyl groups excluding tert-OH is 2. The van der Waals surface area contributed by atoms with Gasteiger partial charge in [0.1, 0.15) is 0 Å². The lowest BCUT2D eigenvalue weighted by molar-refractivity contribution is -0.143. The lowest BCUT2D eigenvalue weighted by Gasteiger charge is -2.22. The maximum Gasteiger partial charge on any atom is 0.305 e. The zero-order valence-corrected chi connectivity index (χ0v) is 49.8. The number of amides is 1. The van der Waals surface area contributed by atoms with Crippen LogP contribution in [0.25, 0.3) is 0 Å². The number of nitrogens with one attached hydrogen (secondary N) is 1. The molecule has 0 fully saturated rings. The first-order valence-corrected chi connectivity index (χ1v) is 33.2. The zero-order chi connectivity index (χ0) is 53.6. The van der Waals surface area contributed by atoms with E-state index < -0.39 is 12.1 Å². The minimum atomic E-state index is -0.667. The second-order valence-electron chi connectivity index (χ2n) is 22.8. The topological polar surface area (TPSA) is 95.9 Å². The zero-order valence-electron chi connectivity index (χ0n) is 49.8. The Balaban J connectivity index is 3.40. The number of unbranched alkanes of at least 4 members (excludes halogenated alkanes) is 45. The molecule has 1 amide bonds. The summed E-state index contributed by atoms with van der Waals surface area (Å²) < 4.78 is 5.48. The highest BCUT2D eigenvalue weighted by atomic mass is 16.5. The standard InChI is InChI=1S/C68H129NO5/c1-3-5-7-9-11-13-15-17-19-29-33-36-40-44-48-52-56-60-66(71)65(64-70)69-67(72)61-57-53-49-45-41-37-34-30-27-25-23-21-20-22-24-26-28-31-35-39-43-47-51-55-59-63-74-68(73)62-58-54-50-46-42-38-32-18-16-14-12-10-8-6-4-2/h12,14,18,21,23,32,65-66,70-71H,3-11,13,15-17,19-20,22,24-31,33-64H2,1-2H3,(H,69,72)/b14-12-,23-21-,32-18-. The van der Waals surface area contributed by atoms with E-state index in [1.54, 1.807) is 0 Å². The molecule has 74 heavy (non-hydrogen) atoms. The molecule has 0 aromatic carbocycles. The lowest BCUT2D eigenvalue weighted by atomic mass is 10.0. The van der Waals surface area contributed by atoms with Crippen LogP contribution in [0.4, 0.5) is 0 Å². The van der Waals surface area contributed by atoms with Crippen molar-refractivity contribution >= 4 is 11.9 Å². The molecule has 0 aromatic rings. The number of aliphatic hydroxyl groups is 2. The number of allylic oxidation sites excluding steroid dienone is 6. The Hall–Kier alpha value is -1.92. The van der Waals surface area contributed by atoms with Crippen molar-refractivity contribution in [3.05, 3.63) is 36.5 Å². The molecule has 0 aromatic heterocycles. The molecule has 6 nitrogen and oxygen atoms in total. The van der Waals surface area contributed by atoms with Gasteiger partial charge in [0.25, 0.3) is 0 Å². The van der Waals surface area contributed by atoms with Crippen LogP contribution in [0, 0.1) is 0 Å². The van der Waals surface area contributed by atoms with Gasteiger partial charge < -0.3 is 20.3 Å². The Morgan fingerprint density at radius 2 is 0.676 bits per heavy atom. The minimum Gasteiger partial charge on any atom is -0.466 e. The largest absolute Gasteiger partial charge is 0.466 e. The third-order valence-corrected chi connectivity index (χ3v) is 15.4. The van der Waals surface area contributed by atoms with Gasteiger partial charge in [0, 0.05) is 12.8 Å². The molecule has 0 saturated heterocycles. The van der Waals surface area contributed by atoms with Crippen LogP contribution in [-0.2, 0) is 14.3 Å². The number of hydrogen-bond acceptors (Lipinski definition) is 5. The summed E-state index contributed by atoms with van der Waals surface area (Å²) in [5, 5.41) is 23.3. The Morgan fingerprint density at radius 3 is 1.07 bits per heavy atom. The smallest absolute Gasteiger partial charge is 0.305 e. The number of carbonyl (C=O) groups excluding carboxylic acids is 2. The van der Waals surface area contributed by atoms with Crippen molar-refractivity contribution in [3.63, 3.8) is 0 Å². The minimum absolute atomic E-state index is 0.000279. The molecule has 0 rings (SSSR count). The highest BCUT2D eigenvalue weighted by molar-refractivity contribution is 5.76. The molecule has 6 heteroatoms. The van der Waals surface area contributed by atoms with Gasteiger partial charge in [0.05, 0.1) is 25.4 Å². The van der Waals surface area contributed by atoms with Crippen LogP contribution in [0.2, 0.25) is 0 Å². The van der Waals surface area contributed by atoms with E-state index in [4.69, 9.17) is 4.74 Å². The number of esters is 1. The van der Waals surface area contributed by atoms with Gasteiger partial charge in [-0.3, -0.25) is 9.59 Å². The Morgan fingerprint density at radius 1 is 0.378 bits per heavy atom. The van der Waals surface area contributed by atoms with Crippen LogP contribution in [0.5, 0.6) is 0 Å². The molecule has 2 atom stereocenters. The van der Waals surface area contributed by atoms with Crippen LogP contribution < -0.4 is 5.32 Å². The molecule has 0 heterocycles. The van der Waals surface area contributed by atoms with E-state index in [0.29, 0.717) is 25.9 Å². The van der Waals surface area contributed by atoms with Crippen molar-refractivity contribution in [1.82, 2.24) is 5.32 Å². The number of ether oxygens (including phenoxy) is 1. The van der Waals surface area contributed by atoms with Crippen LogP contribution in [0.15, 0.2) is 36.5 Å². The summed E-state index contributed by atoms with van der Waals surface area (Å²) in [6, 6.07) is -0.544. The third kappa shape index (κ3) is 59.3. The predicted molar refractivity (Wildman–Crippen MR) is 324 cm³/mol. The summed E-state index contributed by atoms with van der Waals surface area (Å²) in [5.41, 5.74) is 0. The molecule has 0 aliphatic heterocycles. The van der Waals surface area contributed by atoms with Crippen LogP contribution in [0.3, 0.4) is 0 Å². The molecule has 0 radical (unpaired) electrons. The van der Waals surface area contributed by atoms with Gasteiger partial charge in [-0.1, -0.05) is 301 Å². The highest BCUT2D eigenvalue weighted by Gasteiger charge is 2.20. The van der Waals surface area contributed by atoms with E-state index in [1.165, 1.54) is 276 Å². The SMILES string of the molecule is CCCCC/C=C\C/C=C\CCCCCCCC(=O)OCCCCCCCCCCCCCC/C=C\CCCCCCCCCCCC(=O)NC(CO)C(O)CCCCCCCCCCCCCCCCCCC. The van der Waals surface area contributed by atoms with E-state index in [1.807, 2.05) is 0 Å². The summed E-state index contributed by atoms with van der Waals surface area (Å²) in [7, 11) is 0. The fourth-order valence-electron chi connectivity index (χ4n) is 10.3. The average Bonchev–Trinajstić information content (AvgIpc) is 3.40. The van der Waals surface area contributed by atoms with Gasteiger partial charge in [-0.15, -0.1) is 0 Å². The van der Waals surface area contributed by atoms with Crippen molar-refractivity contribution in [1.29, 1.82) is 0 Å². The molecule has 2 unspecified atom stereocenters. The highest BCUT2D eigenvalue weighted by Crippen LogP contribution is 2.18. The molecule has 0 saturated carbocycles. The van der Waals surface area contributed by atoms with Crippen molar-refractivity contribution in [3.8, 4) is 0 Å². The third-order valence-electron chi connectivity index (χ3n) is 15.4. The van der Waals surface area contributed by atoms with Gasteiger partial charge in [-0.25, -0.2) is 0 Å². The number of hydrogen-bond donors (Lipinski definition) is 3. The van der Waals surface area contributed by atoms with Gasteiger partial charge in [0.15, 0.2) is 0 Å². The molecular weight excluding hydrogens is 911 g/mol. The van der Waals surface area contributed by atoms with Crippen molar-refractivity contribution in [2.45, 2.75) is 373 Å². The predicted octanol–water partition coefficient (Wildman–Crippen LogP) is 21.1. The molecule has 0 spiro atoms. The van der Waals surface area contributed by atoms with Gasteiger partial charge in [-0.2, -0.15) is 0 Å². The molecule has 0 bridgehead atoms. The first-order valence-electron chi connectivity index (χ1n) is 33.2. The van der Waals surface area contributed by atoms with E-state index >= 15 is 0 Å². The van der Waals surface area contributed by atoms with E-state index in [2.05, 4.69) is 55.6 Å². The van der Waals surface area contributed by atoms with E-state index in [9.17, 15) is 19.8 Å². The normalized spacial score (nSPS) is 12.8. The van der Waals surface area contributed by atoms with E-state index in [-0.39, 0.29) is 18.5 Å². The van der Waals surface area contributed by atoms with Crippen LogP contribution in [0.1, 0.15) is 361 Å². The molecule has 0 aliphatic rings. The number of rotatable bonds is 62. The molecule has 3 N–H and O–H groups in total. The van der Waals surface area contributed by atoms with E-state index in [0.717, 1.165) is 51.4 Å². The summed E-state index contributed by atoms with van der Waals surface area (Å²) in [4.78, 5) is 24.6. The second-order valence-corrected chi connectivity index (χ2v) is 22.8. The molecule has 436 valence electrons. The number of carbonyl (C=O) groups is 2. The van der Waals surface area contributed by atoms with Crippen molar-refractivity contribution in [2.75, 3.05) is 13.2 Å². The Kier molecular flexibility index (Phi) is 62.0. The molecular formula is C68H129NO5. The fraction of sp³-hybridized carbons (Fsp3) is 0.882. The monoisotopic (exact) mass is 1040 g/mol. The van der Waals surface area contributed by atoms with Gasteiger partial charge in [-0.05, 0) is 83.5 Å². The lowest BCUT2D eigenvalue weighted by Crippen LogP contribution is -2.45. The molecule has 0 aliphatic carbocycles. The fourth-order valence-corrected chi connectivity index (χ4v) is 10.3. The summed E-state index contributed by atoms with van der Waals surface area (Å²) in [6.45, 7) is 4.94. The van der Waals surface area contributed by atoms with Crippen molar-refractivity contribution in [2.24, 2.45) is 0 Å². The summed E-state index contributed by atoms with van der Waals surface area (Å²) in [5.74, 6) is -0.0359. The summed E-state index contributed by atoms with van der Waals surface area (Å²) in [6.07, 6.45) is 80.2. The Bertz CT molecular complexity index is 1200. The van der Waals surface area contributed by atoms with Gasteiger partial charge >= 0.3 is 5.97 Å². The first-order chi connectivity index (χ1) is 36.5. The van der Waals surface area contributed by atoms with Crippen LogP contribution in [-0.4, -0.2) is 47.4 Å². The van der Waals surface area contributed by atoms with Gasteiger partial charge in [0.2, 0.25) is 5.91 Å². The first kappa shape index (κ1) is 72.1. The maximum atomic E-state index is 12.5. The second kappa shape index (κ2) is 63.6. The van der Waals surface area contributed by atoms with Crippen LogP contribution >= 0.6 is 0 Å². The average molecular weight is 1040 g/mol.